The zero-order chi connectivity index (χ0) is 15.1. The fraction of sp³-hybridized carbons (Fsp3) is 0.611. The Morgan fingerprint density at radius 1 is 1.10 bits per heavy atom. The predicted octanol–water partition coefficient (Wildman–Crippen LogP) is 2.42. The van der Waals surface area contributed by atoms with E-state index in [4.69, 9.17) is 0 Å². The first-order chi connectivity index (χ1) is 10.2. The Bertz CT molecular complexity index is 433. The lowest BCUT2D eigenvalue weighted by Gasteiger charge is -2.27. The van der Waals surface area contributed by atoms with Gasteiger partial charge >= 0.3 is 0 Å². The van der Waals surface area contributed by atoms with Gasteiger partial charge in [0.25, 0.3) is 5.91 Å². The highest BCUT2D eigenvalue weighted by Gasteiger charge is 2.25. The number of amides is 1. The first-order valence-electron chi connectivity index (χ1n) is 8.45. The normalized spacial score (nSPS) is 18.6. The molecule has 1 saturated heterocycles. The van der Waals surface area contributed by atoms with Crippen LogP contribution in [-0.4, -0.2) is 25.0 Å². The van der Waals surface area contributed by atoms with Crippen LogP contribution in [0.1, 0.15) is 51.5 Å². The number of hydrogen-bond donors (Lipinski definition) is 2. The molecule has 21 heavy (non-hydrogen) atoms. The fourth-order valence-corrected chi connectivity index (χ4v) is 3.05. The zero-order valence-electron chi connectivity index (χ0n) is 13.5. The molecule has 1 atom stereocenters. The summed E-state index contributed by atoms with van der Waals surface area (Å²) in [6.45, 7) is 6.46. The maximum Gasteiger partial charge on any atom is 0.282 e. The van der Waals surface area contributed by atoms with Gasteiger partial charge in [-0.25, -0.2) is 0 Å². The van der Waals surface area contributed by atoms with Gasteiger partial charge in [0.05, 0.1) is 13.1 Å². The molecule has 0 saturated carbocycles. The van der Waals surface area contributed by atoms with Gasteiger partial charge in [-0.1, -0.05) is 25.5 Å². The van der Waals surface area contributed by atoms with E-state index in [9.17, 15) is 4.79 Å². The number of rotatable bonds is 4. The summed E-state index contributed by atoms with van der Waals surface area (Å²) in [4.78, 5) is 13.9. The summed E-state index contributed by atoms with van der Waals surface area (Å²) < 4.78 is 0. The van der Waals surface area contributed by atoms with Crippen molar-refractivity contribution in [1.29, 1.82) is 0 Å². The summed E-state index contributed by atoms with van der Waals surface area (Å²) in [6.07, 6.45) is 7.52. The predicted molar refractivity (Wildman–Crippen MR) is 87.7 cm³/mol. The molecule has 0 radical (unpaired) electrons. The lowest BCUT2D eigenvalue weighted by atomic mass is 10.1. The van der Waals surface area contributed by atoms with Crippen LogP contribution in [0, 0.1) is 0 Å². The topological polar surface area (TPSA) is 33.5 Å². The van der Waals surface area contributed by atoms with Crippen molar-refractivity contribution >= 4 is 11.6 Å². The molecule has 116 valence electrons. The van der Waals surface area contributed by atoms with Crippen LogP contribution in [-0.2, 0) is 11.2 Å². The third-order valence-electron chi connectivity index (χ3n) is 4.63. The van der Waals surface area contributed by atoms with Crippen LogP contribution in [0.15, 0.2) is 24.3 Å². The van der Waals surface area contributed by atoms with E-state index >= 15 is 0 Å². The molecule has 0 spiro atoms. The van der Waals surface area contributed by atoms with Gasteiger partial charge in [-0.2, -0.15) is 0 Å². The highest BCUT2D eigenvalue weighted by Crippen LogP contribution is 2.10. The number of benzene rings is 1. The smallest absolute Gasteiger partial charge is 0.282 e. The van der Waals surface area contributed by atoms with Gasteiger partial charge in [0.2, 0.25) is 0 Å². The van der Waals surface area contributed by atoms with Crippen molar-refractivity contribution in [3.8, 4) is 0 Å². The molecule has 1 heterocycles. The van der Waals surface area contributed by atoms with E-state index in [0.29, 0.717) is 0 Å². The number of hydrogen-bond acceptors (Lipinski definition) is 1. The minimum atomic E-state index is 0.0361. The van der Waals surface area contributed by atoms with Crippen LogP contribution in [0.3, 0.4) is 0 Å². The second kappa shape index (κ2) is 8.18. The van der Waals surface area contributed by atoms with Crippen molar-refractivity contribution in [3.05, 3.63) is 29.8 Å². The van der Waals surface area contributed by atoms with E-state index < -0.39 is 0 Å². The van der Waals surface area contributed by atoms with Crippen LogP contribution in [0.4, 0.5) is 5.69 Å². The number of carbonyl (C=O) groups is 1. The van der Waals surface area contributed by atoms with Gasteiger partial charge < -0.3 is 10.2 Å². The average Bonchev–Trinajstić information content (AvgIpc) is 2.47. The molecule has 1 fully saturated rings. The minimum absolute atomic E-state index is 0.0361. The second-order valence-corrected chi connectivity index (χ2v) is 6.19. The molecular weight excluding hydrogens is 260 g/mol. The molecule has 1 amide bonds. The van der Waals surface area contributed by atoms with Crippen molar-refractivity contribution in [2.45, 2.75) is 58.4 Å². The molecule has 3 nitrogen and oxygen atoms in total. The van der Waals surface area contributed by atoms with Gasteiger partial charge in [0, 0.05) is 5.69 Å². The SMILES string of the molecule is CCc1ccc(NC(=O)[C@@H](C)[NH+]2CCCCCCC2)cc1. The Morgan fingerprint density at radius 2 is 1.67 bits per heavy atom. The number of nitrogens with one attached hydrogen (secondary N) is 2. The largest absolute Gasteiger partial charge is 0.325 e. The van der Waals surface area contributed by atoms with E-state index in [1.54, 1.807) is 0 Å². The zero-order valence-corrected chi connectivity index (χ0v) is 13.5. The van der Waals surface area contributed by atoms with Crippen LogP contribution in [0.2, 0.25) is 0 Å². The molecule has 2 N–H and O–H groups in total. The second-order valence-electron chi connectivity index (χ2n) is 6.19. The van der Waals surface area contributed by atoms with Gasteiger partial charge in [-0.05, 0) is 56.7 Å². The third kappa shape index (κ3) is 4.85. The number of carbonyl (C=O) groups excluding carboxylic acids is 1. The summed E-state index contributed by atoms with van der Waals surface area (Å²) >= 11 is 0. The number of likely N-dealkylation sites (tertiary alicyclic amines) is 1. The molecule has 2 rings (SSSR count). The highest BCUT2D eigenvalue weighted by atomic mass is 16.2. The van der Waals surface area contributed by atoms with Crippen molar-refractivity contribution in [2.24, 2.45) is 0 Å². The molecule has 1 aliphatic rings. The van der Waals surface area contributed by atoms with Gasteiger partial charge in [-0.3, -0.25) is 4.79 Å². The molecule has 0 aliphatic carbocycles. The van der Waals surface area contributed by atoms with Crippen LogP contribution >= 0.6 is 0 Å². The Labute approximate surface area is 128 Å². The summed E-state index contributed by atoms with van der Waals surface area (Å²) in [5.74, 6) is 0.148. The highest BCUT2D eigenvalue weighted by molar-refractivity contribution is 5.93. The summed E-state index contributed by atoms with van der Waals surface area (Å²) in [5, 5.41) is 3.07. The minimum Gasteiger partial charge on any atom is -0.325 e. The third-order valence-corrected chi connectivity index (χ3v) is 4.63. The number of anilines is 1. The van der Waals surface area contributed by atoms with Crippen molar-refractivity contribution in [3.63, 3.8) is 0 Å². The number of aryl methyl sites for hydroxylation is 1. The van der Waals surface area contributed by atoms with Crippen molar-refractivity contribution in [2.75, 3.05) is 18.4 Å². The average molecular weight is 289 g/mol. The Morgan fingerprint density at radius 3 is 2.24 bits per heavy atom. The van der Waals surface area contributed by atoms with Crippen molar-refractivity contribution < 1.29 is 9.69 Å². The molecule has 0 bridgehead atoms. The Hall–Kier alpha value is -1.35. The molecule has 1 aliphatic heterocycles. The molecular formula is C18H29N2O+. The molecule has 1 aromatic carbocycles. The molecule has 0 unspecified atom stereocenters. The summed E-state index contributed by atoms with van der Waals surface area (Å²) in [6, 6.07) is 8.22. The Balaban J connectivity index is 1.90. The lowest BCUT2D eigenvalue weighted by molar-refractivity contribution is -0.914. The standard InChI is InChI=1S/C18H28N2O/c1-3-16-9-11-17(12-10-16)19-18(21)15(2)20-13-7-5-4-6-8-14-20/h9-12,15H,3-8,13-14H2,1-2H3,(H,19,21)/p+1/t15-/m1/s1. The van der Waals surface area contributed by atoms with Crippen LogP contribution in [0.25, 0.3) is 0 Å². The van der Waals surface area contributed by atoms with E-state index in [1.807, 2.05) is 12.1 Å². The summed E-state index contributed by atoms with van der Waals surface area (Å²) in [7, 11) is 0. The summed E-state index contributed by atoms with van der Waals surface area (Å²) in [5.41, 5.74) is 2.21. The van der Waals surface area contributed by atoms with E-state index in [1.165, 1.54) is 42.6 Å². The quantitative estimate of drug-likeness (QED) is 0.877. The van der Waals surface area contributed by atoms with Crippen LogP contribution in [0.5, 0.6) is 0 Å². The van der Waals surface area contributed by atoms with Crippen molar-refractivity contribution in [1.82, 2.24) is 0 Å². The first kappa shape index (κ1) is 16.0. The Kier molecular flexibility index (Phi) is 6.24. The van der Waals surface area contributed by atoms with E-state index in [-0.39, 0.29) is 11.9 Å². The monoisotopic (exact) mass is 289 g/mol. The number of quaternary nitrogens is 1. The molecule has 1 aromatic rings. The van der Waals surface area contributed by atoms with E-state index in [0.717, 1.165) is 25.2 Å². The maximum atomic E-state index is 12.4. The van der Waals surface area contributed by atoms with Gasteiger partial charge in [-0.15, -0.1) is 0 Å². The lowest BCUT2D eigenvalue weighted by Crippen LogP contribution is -3.16. The van der Waals surface area contributed by atoms with Gasteiger partial charge in [0.1, 0.15) is 0 Å². The first-order valence-corrected chi connectivity index (χ1v) is 8.45. The fourth-order valence-electron chi connectivity index (χ4n) is 3.05. The van der Waals surface area contributed by atoms with Crippen LogP contribution < -0.4 is 10.2 Å². The maximum absolute atomic E-state index is 12.4. The molecule has 3 heteroatoms. The van der Waals surface area contributed by atoms with E-state index in [2.05, 4.69) is 31.3 Å². The van der Waals surface area contributed by atoms with Gasteiger partial charge in [0.15, 0.2) is 6.04 Å². The molecule has 0 aromatic heterocycles.